The molecule has 0 spiro atoms. The molecule has 0 radical (unpaired) electrons. The summed E-state index contributed by atoms with van der Waals surface area (Å²) < 4.78 is 5.32. The summed E-state index contributed by atoms with van der Waals surface area (Å²) in [4.78, 5) is 0. The molecule has 0 saturated carbocycles. The van der Waals surface area contributed by atoms with Gasteiger partial charge >= 0.3 is 0 Å². The number of nitrogens with two attached hydrogens (primary N) is 1. The van der Waals surface area contributed by atoms with E-state index >= 15 is 0 Å². The lowest BCUT2D eigenvalue weighted by Gasteiger charge is -2.20. The van der Waals surface area contributed by atoms with Crippen molar-refractivity contribution in [3.05, 3.63) is 28.3 Å². The zero-order chi connectivity index (χ0) is 11.4. The lowest BCUT2D eigenvalue weighted by atomic mass is 10.1. The van der Waals surface area contributed by atoms with Gasteiger partial charge in [0.25, 0.3) is 0 Å². The Kier molecular flexibility index (Phi) is 4.35. The van der Waals surface area contributed by atoms with Gasteiger partial charge < -0.3 is 10.1 Å². The van der Waals surface area contributed by atoms with E-state index in [9.17, 15) is 0 Å². The Balaban J connectivity index is 3.24. The highest BCUT2D eigenvalue weighted by molar-refractivity contribution is 6.30. The van der Waals surface area contributed by atoms with Crippen LogP contribution in [0.15, 0.2) is 12.1 Å². The van der Waals surface area contributed by atoms with Crippen molar-refractivity contribution in [3.8, 4) is 5.75 Å². The molecule has 0 fully saturated rings. The summed E-state index contributed by atoms with van der Waals surface area (Å²) >= 11 is 5.99. The van der Waals surface area contributed by atoms with Gasteiger partial charge in [-0.15, -0.1) is 0 Å². The van der Waals surface area contributed by atoms with Gasteiger partial charge in [0, 0.05) is 10.6 Å². The van der Waals surface area contributed by atoms with Gasteiger partial charge in [0.1, 0.15) is 5.75 Å². The molecule has 0 saturated heterocycles. The van der Waals surface area contributed by atoms with Crippen LogP contribution in [0.25, 0.3) is 0 Å². The Labute approximate surface area is 94.7 Å². The van der Waals surface area contributed by atoms with Gasteiger partial charge in [-0.1, -0.05) is 11.6 Å². The van der Waals surface area contributed by atoms with Crippen molar-refractivity contribution in [1.82, 2.24) is 10.7 Å². The highest BCUT2D eigenvalue weighted by Crippen LogP contribution is 2.30. The summed E-state index contributed by atoms with van der Waals surface area (Å²) in [6.07, 6.45) is -0.183. The first-order valence-electron chi connectivity index (χ1n) is 4.61. The van der Waals surface area contributed by atoms with Crippen molar-refractivity contribution in [1.29, 1.82) is 0 Å². The largest absolute Gasteiger partial charge is 0.496 e. The number of ether oxygens (including phenoxy) is 1. The van der Waals surface area contributed by atoms with Crippen molar-refractivity contribution in [2.45, 2.75) is 13.1 Å². The quantitative estimate of drug-likeness (QED) is 0.414. The third-order valence-electron chi connectivity index (χ3n) is 2.24. The van der Waals surface area contributed by atoms with E-state index in [0.717, 1.165) is 16.9 Å². The number of methoxy groups -OCH3 is 1. The number of hydrazine groups is 1. The van der Waals surface area contributed by atoms with Crippen LogP contribution in [-0.4, -0.2) is 14.2 Å². The summed E-state index contributed by atoms with van der Waals surface area (Å²) in [5.74, 6) is 6.22. The summed E-state index contributed by atoms with van der Waals surface area (Å²) in [5, 5.41) is 3.69. The SMILES string of the molecule is CNC(NN)c1cc(Cl)cc(C)c1OC. The molecule has 1 aromatic carbocycles. The van der Waals surface area contributed by atoms with E-state index in [1.54, 1.807) is 14.2 Å². The number of aryl methyl sites for hydroxylation is 1. The average Bonchev–Trinajstić information content (AvgIpc) is 2.19. The topological polar surface area (TPSA) is 59.3 Å². The summed E-state index contributed by atoms with van der Waals surface area (Å²) in [7, 11) is 3.43. The van der Waals surface area contributed by atoms with Crippen molar-refractivity contribution >= 4 is 11.6 Å². The Morgan fingerprint density at radius 2 is 2.13 bits per heavy atom. The van der Waals surface area contributed by atoms with Crippen LogP contribution >= 0.6 is 11.6 Å². The van der Waals surface area contributed by atoms with Crippen LogP contribution in [0.2, 0.25) is 5.02 Å². The summed E-state index contributed by atoms with van der Waals surface area (Å²) in [6, 6.07) is 3.68. The molecular weight excluding hydrogens is 214 g/mol. The molecular formula is C10H16ClN3O. The van der Waals surface area contributed by atoms with Gasteiger partial charge in [-0.3, -0.25) is 5.84 Å². The molecule has 1 rings (SSSR count). The minimum atomic E-state index is -0.183. The van der Waals surface area contributed by atoms with E-state index in [1.165, 1.54) is 0 Å². The van der Waals surface area contributed by atoms with E-state index < -0.39 is 0 Å². The third-order valence-corrected chi connectivity index (χ3v) is 2.46. The van der Waals surface area contributed by atoms with Gasteiger partial charge in [0.15, 0.2) is 0 Å². The van der Waals surface area contributed by atoms with Crippen molar-refractivity contribution in [2.24, 2.45) is 5.84 Å². The fraction of sp³-hybridized carbons (Fsp3) is 0.400. The molecule has 0 aromatic heterocycles. The van der Waals surface area contributed by atoms with E-state index in [-0.39, 0.29) is 6.17 Å². The number of halogens is 1. The van der Waals surface area contributed by atoms with Crippen LogP contribution in [0.4, 0.5) is 0 Å². The predicted octanol–water partition coefficient (Wildman–Crippen LogP) is 1.34. The van der Waals surface area contributed by atoms with Crippen molar-refractivity contribution in [2.75, 3.05) is 14.2 Å². The molecule has 1 atom stereocenters. The normalized spacial score (nSPS) is 12.6. The maximum atomic E-state index is 5.99. The van der Waals surface area contributed by atoms with Crippen molar-refractivity contribution < 1.29 is 4.74 Å². The second kappa shape index (κ2) is 5.32. The molecule has 4 N–H and O–H groups in total. The first-order valence-corrected chi connectivity index (χ1v) is 4.99. The summed E-state index contributed by atoms with van der Waals surface area (Å²) in [5.41, 5.74) is 4.53. The maximum Gasteiger partial charge on any atom is 0.128 e. The third kappa shape index (κ3) is 2.60. The van der Waals surface area contributed by atoms with Gasteiger partial charge in [-0.25, -0.2) is 5.43 Å². The molecule has 0 bridgehead atoms. The lowest BCUT2D eigenvalue weighted by molar-refractivity contribution is 0.388. The summed E-state index contributed by atoms with van der Waals surface area (Å²) in [6.45, 7) is 1.94. The average molecular weight is 230 g/mol. The fourth-order valence-corrected chi connectivity index (χ4v) is 1.86. The van der Waals surface area contributed by atoms with Crippen LogP contribution in [-0.2, 0) is 0 Å². The van der Waals surface area contributed by atoms with Crippen molar-refractivity contribution in [3.63, 3.8) is 0 Å². The van der Waals surface area contributed by atoms with Gasteiger partial charge in [0.2, 0.25) is 0 Å². The highest BCUT2D eigenvalue weighted by atomic mass is 35.5. The Morgan fingerprint density at radius 1 is 1.47 bits per heavy atom. The molecule has 0 heterocycles. The molecule has 0 amide bonds. The van der Waals surface area contributed by atoms with Crippen LogP contribution in [0, 0.1) is 6.92 Å². The van der Waals surface area contributed by atoms with E-state index in [1.807, 2.05) is 19.1 Å². The van der Waals surface area contributed by atoms with Crippen LogP contribution in [0.3, 0.4) is 0 Å². The van der Waals surface area contributed by atoms with Crippen LogP contribution < -0.4 is 21.3 Å². The molecule has 84 valence electrons. The predicted molar refractivity (Wildman–Crippen MR) is 61.9 cm³/mol. The highest BCUT2D eigenvalue weighted by Gasteiger charge is 2.15. The molecule has 0 aliphatic carbocycles. The van der Waals surface area contributed by atoms with E-state index in [4.69, 9.17) is 22.2 Å². The Bertz CT molecular complexity index is 340. The van der Waals surface area contributed by atoms with Crippen LogP contribution in [0.5, 0.6) is 5.75 Å². The second-order valence-corrected chi connectivity index (χ2v) is 3.67. The second-order valence-electron chi connectivity index (χ2n) is 3.23. The molecule has 0 aliphatic rings. The Hall–Kier alpha value is -0.810. The monoisotopic (exact) mass is 229 g/mol. The smallest absolute Gasteiger partial charge is 0.128 e. The number of hydrogen-bond donors (Lipinski definition) is 3. The number of benzene rings is 1. The minimum Gasteiger partial charge on any atom is -0.496 e. The molecule has 15 heavy (non-hydrogen) atoms. The molecule has 0 aliphatic heterocycles. The lowest BCUT2D eigenvalue weighted by Crippen LogP contribution is -2.36. The first-order chi connectivity index (χ1) is 7.13. The molecule has 4 nitrogen and oxygen atoms in total. The number of rotatable bonds is 4. The minimum absolute atomic E-state index is 0.183. The van der Waals surface area contributed by atoms with Gasteiger partial charge in [-0.2, -0.15) is 0 Å². The van der Waals surface area contributed by atoms with Gasteiger partial charge in [-0.05, 0) is 31.7 Å². The van der Waals surface area contributed by atoms with E-state index in [2.05, 4.69) is 10.7 Å². The fourth-order valence-electron chi connectivity index (χ4n) is 1.58. The van der Waals surface area contributed by atoms with Crippen LogP contribution in [0.1, 0.15) is 17.3 Å². The maximum absolute atomic E-state index is 5.99. The van der Waals surface area contributed by atoms with E-state index in [0.29, 0.717) is 5.02 Å². The molecule has 1 unspecified atom stereocenters. The standard InChI is InChI=1S/C10H16ClN3O/c1-6-4-7(11)5-8(9(6)15-3)10(13-2)14-12/h4-5,10,13-14H,12H2,1-3H3. The number of hydrogen-bond acceptors (Lipinski definition) is 4. The number of nitrogens with one attached hydrogen (secondary N) is 2. The zero-order valence-electron chi connectivity index (χ0n) is 9.10. The Morgan fingerprint density at radius 3 is 2.60 bits per heavy atom. The molecule has 5 heteroatoms. The molecule has 1 aromatic rings. The zero-order valence-corrected chi connectivity index (χ0v) is 9.85. The first kappa shape index (κ1) is 12.3. The van der Waals surface area contributed by atoms with Gasteiger partial charge in [0.05, 0.1) is 13.3 Å².